The number of carbonyl (C=O) groups is 1. The van der Waals surface area contributed by atoms with E-state index in [9.17, 15) is 4.79 Å². The van der Waals surface area contributed by atoms with Crippen molar-refractivity contribution in [1.82, 2.24) is 0 Å². The summed E-state index contributed by atoms with van der Waals surface area (Å²) in [4.78, 5) is 10.6. The molecule has 1 rings (SSSR count). The van der Waals surface area contributed by atoms with Crippen molar-refractivity contribution in [3.05, 3.63) is 18.2 Å². The Hall–Kier alpha value is -1.99. The molecule has 0 aliphatic heterocycles. The lowest BCUT2D eigenvalue weighted by Gasteiger charge is -2.11. The fourth-order valence-corrected chi connectivity index (χ4v) is 1.47. The molecule has 0 unspecified atom stereocenters. The summed E-state index contributed by atoms with van der Waals surface area (Å²) < 4.78 is 15.7. The predicted molar refractivity (Wildman–Crippen MR) is 72.7 cm³/mol. The third kappa shape index (κ3) is 5.77. The summed E-state index contributed by atoms with van der Waals surface area (Å²) in [5.41, 5.74) is 0.353. The maximum Gasteiger partial charge on any atom is 0.409 e. The van der Waals surface area contributed by atoms with Crippen molar-refractivity contribution in [3.63, 3.8) is 0 Å². The van der Waals surface area contributed by atoms with Gasteiger partial charge < -0.3 is 24.4 Å². The maximum atomic E-state index is 10.6. The Morgan fingerprint density at radius 2 is 2.10 bits per heavy atom. The molecule has 0 bridgehead atoms. The Labute approximate surface area is 117 Å². The highest BCUT2D eigenvalue weighted by Gasteiger charge is 2.07. The molecule has 0 saturated heterocycles. The van der Waals surface area contributed by atoms with Crippen LogP contribution in [0.3, 0.4) is 0 Å². The second kappa shape index (κ2) is 9.00. The van der Waals surface area contributed by atoms with Gasteiger partial charge in [-0.15, -0.1) is 0 Å². The first-order valence-corrected chi connectivity index (χ1v) is 6.16. The van der Waals surface area contributed by atoms with Gasteiger partial charge in [-0.1, -0.05) is 0 Å². The van der Waals surface area contributed by atoms with Gasteiger partial charge in [0.2, 0.25) is 0 Å². The number of anilines is 1. The van der Waals surface area contributed by atoms with Crippen LogP contribution >= 0.6 is 0 Å². The molecule has 0 atom stereocenters. The fourth-order valence-electron chi connectivity index (χ4n) is 1.47. The van der Waals surface area contributed by atoms with Gasteiger partial charge in [-0.2, -0.15) is 0 Å². The Morgan fingerprint density at radius 3 is 2.75 bits per heavy atom. The first-order chi connectivity index (χ1) is 9.67. The zero-order valence-corrected chi connectivity index (χ0v) is 11.3. The van der Waals surface area contributed by atoms with E-state index in [4.69, 9.17) is 24.4 Å². The van der Waals surface area contributed by atoms with E-state index in [1.165, 1.54) is 7.11 Å². The third-order valence-corrected chi connectivity index (χ3v) is 2.36. The number of nitrogens with one attached hydrogen (secondary N) is 1. The van der Waals surface area contributed by atoms with Crippen LogP contribution in [0.4, 0.5) is 10.5 Å². The van der Waals surface area contributed by atoms with Crippen LogP contribution in [0.25, 0.3) is 0 Å². The van der Waals surface area contributed by atoms with Gasteiger partial charge in [0.05, 0.1) is 19.4 Å². The Bertz CT molecular complexity index is 423. The van der Waals surface area contributed by atoms with Gasteiger partial charge in [-0.05, 0) is 18.6 Å². The van der Waals surface area contributed by atoms with Crippen LogP contribution in [-0.2, 0) is 4.74 Å². The predicted octanol–water partition coefficient (Wildman–Crippen LogP) is 1.56. The van der Waals surface area contributed by atoms with Gasteiger partial charge in [0.25, 0.3) is 0 Å². The fraction of sp³-hybridized carbons (Fsp3) is 0.462. The molecule has 0 spiro atoms. The standard InChI is InChI=1S/C13H19NO6/c1-18-12-9-10(3-4-11(12)14-13(16)17)20-8-7-19-6-2-5-15/h3-4,9,14-15H,2,5-8H2,1H3,(H,16,17). The van der Waals surface area contributed by atoms with E-state index >= 15 is 0 Å². The SMILES string of the molecule is COc1cc(OCCOCCCO)ccc1NC(=O)O. The number of methoxy groups -OCH3 is 1. The number of ether oxygens (including phenoxy) is 3. The minimum absolute atomic E-state index is 0.107. The Kier molecular flexibility index (Phi) is 7.23. The van der Waals surface area contributed by atoms with Gasteiger partial charge in [0, 0.05) is 19.3 Å². The van der Waals surface area contributed by atoms with Gasteiger partial charge in [-0.3, -0.25) is 5.32 Å². The van der Waals surface area contributed by atoms with Crippen molar-refractivity contribution in [2.45, 2.75) is 6.42 Å². The molecule has 1 amide bonds. The molecule has 112 valence electrons. The van der Waals surface area contributed by atoms with E-state index in [0.717, 1.165) is 0 Å². The smallest absolute Gasteiger partial charge is 0.409 e. The molecular weight excluding hydrogens is 266 g/mol. The molecule has 7 nitrogen and oxygen atoms in total. The lowest BCUT2D eigenvalue weighted by Crippen LogP contribution is -2.10. The van der Waals surface area contributed by atoms with Crippen molar-refractivity contribution in [3.8, 4) is 11.5 Å². The first-order valence-electron chi connectivity index (χ1n) is 6.16. The van der Waals surface area contributed by atoms with E-state index in [-0.39, 0.29) is 6.61 Å². The summed E-state index contributed by atoms with van der Waals surface area (Å²) in [6.45, 7) is 1.37. The van der Waals surface area contributed by atoms with Crippen molar-refractivity contribution in [2.75, 3.05) is 38.9 Å². The molecule has 1 aromatic rings. The number of aliphatic hydroxyl groups is 1. The highest BCUT2D eigenvalue weighted by atomic mass is 16.5. The summed E-state index contributed by atoms with van der Waals surface area (Å²) in [7, 11) is 1.45. The average Bonchev–Trinajstić information content (AvgIpc) is 2.43. The van der Waals surface area contributed by atoms with Crippen LogP contribution in [-0.4, -0.2) is 49.8 Å². The minimum atomic E-state index is -1.16. The number of carboxylic acid groups (broad SMARTS) is 1. The van der Waals surface area contributed by atoms with Gasteiger partial charge in [0.1, 0.15) is 18.1 Å². The first kappa shape index (κ1) is 16.1. The molecule has 0 aliphatic carbocycles. The second-order valence-electron chi connectivity index (χ2n) is 3.83. The number of benzene rings is 1. The molecular formula is C13H19NO6. The topological polar surface area (TPSA) is 97.3 Å². The maximum absolute atomic E-state index is 10.6. The molecule has 0 fully saturated rings. The zero-order valence-electron chi connectivity index (χ0n) is 11.3. The summed E-state index contributed by atoms with van der Waals surface area (Å²) in [6.07, 6.45) is -0.558. The molecule has 0 heterocycles. The largest absolute Gasteiger partial charge is 0.494 e. The highest BCUT2D eigenvalue weighted by molar-refractivity contribution is 5.85. The summed E-state index contributed by atoms with van der Waals surface area (Å²) in [6, 6.07) is 4.80. The number of hydrogen-bond acceptors (Lipinski definition) is 5. The summed E-state index contributed by atoms with van der Waals surface area (Å²) in [5, 5.41) is 19.5. The van der Waals surface area contributed by atoms with Crippen molar-refractivity contribution >= 4 is 11.8 Å². The molecule has 0 saturated carbocycles. The molecule has 7 heteroatoms. The molecule has 0 radical (unpaired) electrons. The Morgan fingerprint density at radius 1 is 1.30 bits per heavy atom. The van der Waals surface area contributed by atoms with Crippen LogP contribution in [0.2, 0.25) is 0 Å². The van der Waals surface area contributed by atoms with Crippen LogP contribution in [0, 0.1) is 0 Å². The number of rotatable bonds is 9. The molecule has 1 aromatic carbocycles. The van der Waals surface area contributed by atoms with Crippen molar-refractivity contribution in [1.29, 1.82) is 0 Å². The lowest BCUT2D eigenvalue weighted by molar-refractivity contribution is 0.0882. The van der Waals surface area contributed by atoms with E-state index in [0.29, 0.717) is 43.4 Å². The quantitative estimate of drug-likeness (QED) is 0.596. The zero-order chi connectivity index (χ0) is 14.8. The van der Waals surface area contributed by atoms with E-state index in [1.54, 1.807) is 18.2 Å². The molecule has 3 N–H and O–H groups in total. The number of hydrogen-bond donors (Lipinski definition) is 3. The minimum Gasteiger partial charge on any atom is -0.494 e. The molecule has 0 aliphatic rings. The van der Waals surface area contributed by atoms with E-state index < -0.39 is 6.09 Å². The van der Waals surface area contributed by atoms with Crippen LogP contribution in [0.15, 0.2) is 18.2 Å². The van der Waals surface area contributed by atoms with Gasteiger partial charge in [0.15, 0.2) is 0 Å². The summed E-state index contributed by atoms with van der Waals surface area (Å²) in [5.74, 6) is 0.939. The monoisotopic (exact) mass is 285 g/mol. The van der Waals surface area contributed by atoms with Crippen molar-refractivity contribution < 1.29 is 29.2 Å². The van der Waals surface area contributed by atoms with Crippen LogP contribution in [0.1, 0.15) is 6.42 Å². The number of amides is 1. The van der Waals surface area contributed by atoms with Crippen LogP contribution < -0.4 is 14.8 Å². The number of aliphatic hydroxyl groups excluding tert-OH is 1. The van der Waals surface area contributed by atoms with Gasteiger partial charge in [-0.25, -0.2) is 4.79 Å². The van der Waals surface area contributed by atoms with Gasteiger partial charge >= 0.3 is 6.09 Å². The Balaban J connectivity index is 2.45. The average molecular weight is 285 g/mol. The normalized spacial score (nSPS) is 10.1. The van der Waals surface area contributed by atoms with Crippen molar-refractivity contribution in [2.24, 2.45) is 0 Å². The summed E-state index contributed by atoms with van der Waals surface area (Å²) >= 11 is 0. The van der Waals surface area contributed by atoms with E-state index in [2.05, 4.69) is 5.32 Å². The molecule has 20 heavy (non-hydrogen) atoms. The third-order valence-electron chi connectivity index (χ3n) is 2.36. The lowest BCUT2D eigenvalue weighted by atomic mass is 10.2. The van der Waals surface area contributed by atoms with Crippen LogP contribution in [0.5, 0.6) is 11.5 Å². The van der Waals surface area contributed by atoms with E-state index in [1.807, 2.05) is 0 Å². The highest BCUT2D eigenvalue weighted by Crippen LogP contribution is 2.29. The molecule has 0 aromatic heterocycles. The second-order valence-corrected chi connectivity index (χ2v) is 3.83.